The van der Waals surface area contributed by atoms with Crippen molar-refractivity contribution in [2.75, 3.05) is 0 Å². The maximum absolute atomic E-state index is 14.0. The van der Waals surface area contributed by atoms with E-state index in [1.807, 2.05) is 19.1 Å². The van der Waals surface area contributed by atoms with Gasteiger partial charge in [0.2, 0.25) is 5.91 Å². The van der Waals surface area contributed by atoms with Crippen LogP contribution in [0.3, 0.4) is 0 Å². The number of aryl methyl sites for hydroxylation is 1. The van der Waals surface area contributed by atoms with Crippen LogP contribution < -0.4 is 5.43 Å². The molecule has 2 aromatic rings. The Morgan fingerprint density at radius 2 is 1.80 bits per heavy atom. The quantitative estimate of drug-likeness (QED) is 0.883. The number of nitrogens with zero attached hydrogens (tertiary/aromatic N) is 1. The lowest BCUT2D eigenvalue weighted by molar-refractivity contribution is -0.203. The third kappa shape index (κ3) is 3.11. The van der Waals surface area contributed by atoms with Crippen molar-refractivity contribution in [1.82, 2.24) is 10.4 Å². The summed E-state index contributed by atoms with van der Waals surface area (Å²) in [5.74, 6) is -0.395. The molecule has 1 aliphatic heterocycles. The molecular weight excluding hydrogens is 329 g/mol. The number of rotatable bonds is 3. The van der Waals surface area contributed by atoms with E-state index in [1.54, 1.807) is 38.1 Å². The Kier molecular flexibility index (Phi) is 4.27. The fourth-order valence-corrected chi connectivity index (χ4v) is 3.61. The normalized spacial score (nSPS) is 19.2. The number of hydrazine groups is 1. The first-order valence-electron chi connectivity index (χ1n) is 8.31. The van der Waals surface area contributed by atoms with Crippen LogP contribution in [0.2, 0.25) is 0 Å². The number of benzene rings is 2. The molecule has 6 heteroatoms. The predicted octanol–water partition coefficient (Wildman–Crippen LogP) is 4.52. The molecule has 134 valence electrons. The van der Waals surface area contributed by atoms with Gasteiger partial charge in [0.15, 0.2) is 6.04 Å². The Bertz CT molecular complexity index is 814. The first-order chi connectivity index (χ1) is 11.6. The summed E-state index contributed by atoms with van der Waals surface area (Å²) in [7, 11) is 0. The molecule has 1 fully saturated rings. The molecule has 3 rings (SSSR count). The van der Waals surface area contributed by atoms with E-state index in [1.165, 1.54) is 0 Å². The summed E-state index contributed by atoms with van der Waals surface area (Å²) in [6.07, 6.45) is -3.75. The van der Waals surface area contributed by atoms with Gasteiger partial charge < -0.3 is 0 Å². The number of alkyl halides is 3. The molecule has 0 spiro atoms. The van der Waals surface area contributed by atoms with Crippen LogP contribution in [0.25, 0.3) is 10.8 Å². The highest BCUT2D eigenvalue weighted by Crippen LogP contribution is 2.45. The van der Waals surface area contributed by atoms with Crippen LogP contribution in [0.1, 0.15) is 44.4 Å². The number of nitrogens with one attached hydrogen (secondary N) is 1. The van der Waals surface area contributed by atoms with Gasteiger partial charge in [-0.2, -0.15) is 18.2 Å². The number of hydrogen-bond donors (Lipinski definition) is 1. The minimum Gasteiger partial charge on any atom is -0.287 e. The number of carbonyl (C=O) groups is 1. The Morgan fingerprint density at radius 3 is 2.32 bits per heavy atom. The van der Waals surface area contributed by atoms with E-state index in [9.17, 15) is 18.0 Å². The summed E-state index contributed by atoms with van der Waals surface area (Å²) < 4.78 is 42.1. The molecule has 1 atom stereocenters. The summed E-state index contributed by atoms with van der Waals surface area (Å²) in [6.45, 7) is 5.27. The van der Waals surface area contributed by atoms with E-state index in [-0.39, 0.29) is 12.0 Å². The lowest BCUT2D eigenvalue weighted by Gasteiger charge is -2.38. The van der Waals surface area contributed by atoms with Crippen LogP contribution in [0.15, 0.2) is 36.4 Å². The molecule has 2 aromatic carbocycles. The largest absolute Gasteiger partial charge is 0.409 e. The first kappa shape index (κ1) is 17.7. The second kappa shape index (κ2) is 6.02. The summed E-state index contributed by atoms with van der Waals surface area (Å²) in [6, 6.07) is 8.53. The molecule has 1 unspecified atom stereocenters. The zero-order valence-electron chi connectivity index (χ0n) is 14.4. The van der Waals surface area contributed by atoms with Gasteiger partial charge in [0.1, 0.15) is 0 Å². The van der Waals surface area contributed by atoms with Crippen molar-refractivity contribution in [2.24, 2.45) is 0 Å². The standard InChI is InChI=1S/C19H21F3N2O/c1-4-12-9-10-15(14-8-6-5-7-13(12)14)17(19(20,21)22)24-18(2,3)11-16(25)23-24/h5-10,17H,4,11H2,1-3H3,(H,23,25). The summed E-state index contributed by atoms with van der Waals surface area (Å²) in [4.78, 5) is 11.8. The lowest BCUT2D eigenvalue weighted by Crippen LogP contribution is -2.51. The Morgan fingerprint density at radius 1 is 1.16 bits per heavy atom. The van der Waals surface area contributed by atoms with Gasteiger partial charge in [-0.1, -0.05) is 43.3 Å². The minimum absolute atomic E-state index is 0.0323. The highest BCUT2D eigenvalue weighted by Gasteiger charge is 2.53. The van der Waals surface area contributed by atoms with Crippen molar-refractivity contribution in [3.05, 3.63) is 47.5 Å². The summed E-state index contributed by atoms with van der Waals surface area (Å²) in [5, 5.41) is 2.45. The minimum atomic E-state index is -4.52. The number of amides is 1. The smallest absolute Gasteiger partial charge is 0.287 e. The van der Waals surface area contributed by atoms with Crippen LogP contribution in [0.4, 0.5) is 13.2 Å². The van der Waals surface area contributed by atoms with Gasteiger partial charge in [-0.05, 0) is 42.2 Å². The number of fused-ring (bicyclic) bond motifs is 1. The van der Waals surface area contributed by atoms with Gasteiger partial charge in [-0.25, -0.2) is 0 Å². The van der Waals surface area contributed by atoms with Crippen molar-refractivity contribution in [3.63, 3.8) is 0 Å². The molecule has 0 bridgehead atoms. The highest BCUT2D eigenvalue weighted by molar-refractivity contribution is 5.89. The number of carbonyl (C=O) groups excluding carboxylic acids is 1. The van der Waals surface area contributed by atoms with Crippen molar-refractivity contribution in [2.45, 2.75) is 51.4 Å². The van der Waals surface area contributed by atoms with Crippen LogP contribution in [-0.4, -0.2) is 22.6 Å². The lowest BCUT2D eigenvalue weighted by atomic mass is 9.91. The van der Waals surface area contributed by atoms with Crippen molar-refractivity contribution in [3.8, 4) is 0 Å². The molecular formula is C19H21F3N2O. The zero-order chi connectivity index (χ0) is 18.4. The molecule has 3 nitrogen and oxygen atoms in total. The highest BCUT2D eigenvalue weighted by atomic mass is 19.4. The maximum Gasteiger partial charge on any atom is 0.409 e. The third-order valence-electron chi connectivity index (χ3n) is 4.78. The molecule has 1 heterocycles. The Labute approximate surface area is 144 Å². The van der Waals surface area contributed by atoms with Gasteiger partial charge in [0, 0.05) is 12.0 Å². The molecule has 0 aromatic heterocycles. The van der Waals surface area contributed by atoms with Crippen molar-refractivity contribution in [1.29, 1.82) is 0 Å². The molecule has 1 amide bonds. The average molecular weight is 350 g/mol. The van der Waals surface area contributed by atoms with Crippen LogP contribution in [0, 0.1) is 0 Å². The monoisotopic (exact) mass is 350 g/mol. The van der Waals surface area contributed by atoms with Crippen LogP contribution in [0.5, 0.6) is 0 Å². The Balaban J connectivity index is 2.23. The predicted molar refractivity (Wildman–Crippen MR) is 90.8 cm³/mol. The molecule has 0 saturated carbocycles. The molecule has 25 heavy (non-hydrogen) atoms. The SMILES string of the molecule is CCc1ccc(C(N2NC(=O)CC2(C)C)C(F)(F)F)c2ccccc12. The molecule has 1 aliphatic rings. The zero-order valence-corrected chi connectivity index (χ0v) is 14.4. The fourth-order valence-electron chi connectivity index (χ4n) is 3.61. The Hall–Kier alpha value is -2.08. The van der Waals surface area contributed by atoms with Crippen LogP contribution >= 0.6 is 0 Å². The molecule has 0 aliphatic carbocycles. The van der Waals surface area contributed by atoms with Crippen molar-refractivity contribution < 1.29 is 18.0 Å². The molecule has 1 N–H and O–H groups in total. The van der Waals surface area contributed by atoms with Gasteiger partial charge in [0.05, 0.1) is 0 Å². The van der Waals surface area contributed by atoms with E-state index in [0.29, 0.717) is 5.39 Å². The first-order valence-corrected chi connectivity index (χ1v) is 8.31. The summed E-state index contributed by atoms with van der Waals surface area (Å²) >= 11 is 0. The maximum atomic E-state index is 14.0. The van der Waals surface area contributed by atoms with Gasteiger partial charge in [-0.15, -0.1) is 0 Å². The third-order valence-corrected chi connectivity index (χ3v) is 4.78. The molecule has 1 saturated heterocycles. The van der Waals surface area contributed by atoms with Gasteiger partial charge in [0.25, 0.3) is 0 Å². The van der Waals surface area contributed by atoms with E-state index in [0.717, 1.165) is 22.4 Å². The fraction of sp³-hybridized carbons (Fsp3) is 0.421. The van der Waals surface area contributed by atoms with E-state index < -0.39 is 23.7 Å². The average Bonchev–Trinajstić information content (AvgIpc) is 2.78. The van der Waals surface area contributed by atoms with Gasteiger partial charge >= 0.3 is 6.18 Å². The second-order valence-corrected chi connectivity index (χ2v) is 7.05. The number of hydrogen-bond acceptors (Lipinski definition) is 2. The molecule has 0 radical (unpaired) electrons. The van der Waals surface area contributed by atoms with Gasteiger partial charge in [-0.3, -0.25) is 10.2 Å². The summed E-state index contributed by atoms with van der Waals surface area (Å²) in [5.41, 5.74) is 2.66. The number of halogens is 3. The second-order valence-electron chi connectivity index (χ2n) is 7.05. The topological polar surface area (TPSA) is 32.3 Å². The van der Waals surface area contributed by atoms with E-state index in [4.69, 9.17) is 0 Å². The van der Waals surface area contributed by atoms with E-state index in [2.05, 4.69) is 5.43 Å². The van der Waals surface area contributed by atoms with E-state index >= 15 is 0 Å². The van der Waals surface area contributed by atoms with Crippen molar-refractivity contribution >= 4 is 16.7 Å². The van der Waals surface area contributed by atoms with Crippen LogP contribution in [-0.2, 0) is 11.2 Å².